The van der Waals surface area contributed by atoms with Crippen molar-refractivity contribution >= 4 is 17.2 Å². The van der Waals surface area contributed by atoms with E-state index in [0.29, 0.717) is 0 Å². The van der Waals surface area contributed by atoms with E-state index in [0.717, 1.165) is 35.8 Å². The summed E-state index contributed by atoms with van der Waals surface area (Å²) in [5.41, 5.74) is 4.83. The predicted molar refractivity (Wildman–Crippen MR) is 98.3 cm³/mol. The van der Waals surface area contributed by atoms with E-state index < -0.39 is 0 Å². The highest BCUT2D eigenvalue weighted by Crippen LogP contribution is 2.28. The molecule has 0 radical (unpaired) electrons. The van der Waals surface area contributed by atoms with E-state index in [2.05, 4.69) is 62.1 Å². The maximum absolute atomic E-state index is 6.26. The third-order valence-electron chi connectivity index (χ3n) is 4.08. The first-order valence-electron chi connectivity index (χ1n) is 7.90. The molecule has 0 bridgehead atoms. The van der Waals surface area contributed by atoms with Crippen LogP contribution in [0.3, 0.4) is 0 Å². The first kappa shape index (κ1) is 16.8. The fraction of sp³-hybridized carbons (Fsp3) is 0.300. The van der Waals surface area contributed by atoms with Gasteiger partial charge in [-0.25, -0.2) is 0 Å². The minimum atomic E-state index is 0.795. The zero-order valence-electron chi connectivity index (χ0n) is 13.6. The molecule has 22 heavy (non-hydrogen) atoms. The second-order valence-electron chi connectivity index (χ2n) is 5.43. The average molecular weight is 314 g/mol. The molecule has 1 nitrogen and oxygen atoms in total. The van der Waals surface area contributed by atoms with E-state index in [1.807, 2.05) is 18.2 Å². The third kappa shape index (κ3) is 4.22. The molecule has 0 aliphatic rings. The Morgan fingerprint density at radius 1 is 1.00 bits per heavy atom. The number of benzene rings is 2. The molecule has 0 unspecified atom stereocenters. The standard InChI is InChI=1S/C20H24ClN/c1-4-22(5-2)15-14-16(3)17-10-12-18(13-11-17)19-8-6-7-9-20(19)21/h6-14H,4-5,15H2,1-3H3. The molecule has 0 aliphatic carbocycles. The molecular formula is C20H24ClN. The third-order valence-corrected chi connectivity index (χ3v) is 4.40. The monoisotopic (exact) mass is 313 g/mol. The number of nitrogens with zero attached hydrogens (tertiary/aromatic N) is 1. The Balaban J connectivity index is 2.15. The Kier molecular flexibility index (Phi) is 6.23. The van der Waals surface area contributed by atoms with Crippen LogP contribution < -0.4 is 0 Å². The highest BCUT2D eigenvalue weighted by atomic mass is 35.5. The van der Waals surface area contributed by atoms with Crippen molar-refractivity contribution in [2.45, 2.75) is 20.8 Å². The Bertz CT molecular complexity index is 624. The minimum absolute atomic E-state index is 0.795. The van der Waals surface area contributed by atoms with Gasteiger partial charge in [-0.15, -0.1) is 0 Å². The lowest BCUT2D eigenvalue weighted by molar-refractivity contribution is 0.337. The molecule has 0 N–H and O–H groups in total. The van der Waals surface area contributed by atoms with E-state index in [4.69, 9.17) is 11.6 Å². The van der Waals surface area contributed by atoms with Crippen LogP contribution in [0.4, 0.5) is 0 Å². The number of hydrogen-bond acceptors (Lipinski definition) is 1. The molecule has 0 spiro atoms. The van der Waals surface area contributed by atoms with E-state index in [9.17, 15) is 0 Å². The first-order valence-corrected chi connectivity index (χ1v) is 8.28. The molecule has 116 valence electrons. The molecule has 0 saturated heterocycles. The van der Waals surface area contributed by atoms with Gasteiger partial charge in [-0.3, -0.25) is 0 Å². The molecule has 0 aromatic heterocycles. The van der Waals surface area contributed by atoms with Crippen LogP contribution >= 0.6 is 11.6 Å². The summed E-state index contributed by atoms with van der Waals surface area (Å²) in [6.45, 7) is 9.76. The second kappa shape index (κ2) is 8.17. The topological polar surface area (TPSA) is 3.24 Å². The van der Waals surface area contributed by atoms with Gasteiger partial charge in [-0.05, 0) is 42.8 Å². The second-order valence-corrected chi connectivity index (χ2v) is 5.84. The van der Waals surface area contributed by atoms with Crippen molar-refractivity contribution in [1.82, 2.24) is 4.90 Å². The van der Waals surface area contributed by atoms with Crippen LogP contribution in [0.5, 0.6) is 0 Å². The molecular weight excluding hydrogens is 290 g/mol. The molecule has 2 rings (SSSR count). The van der Waals surface area contributed by atoms with E-state index in [1.54, 1.807) is 0 Å². The van der Waals surface area contributed by atoms with Gasteiger partial charge < -0.3 is 4.90 Å². The van der Waals surface area contributed by atoms with Crippen molar-refractivity contribution in [2.75, 3.05) is 19.6 Å². The normalized spacial score (nSPS) is 12.0. The van der Waals surface area contributed by atoms with Gasteiger partial charge in [0.2, 0.25) is 0 Å². The Morgan fingerprint density at radius 2 is 1.64 bits per heavy atom. The fourth-order valence-electron chi connectivity index (χ4n) is 2.47. The SMILES string of the molecule is CCN(CC)CC=C(C)c1ccc(-c2ccccc2Cl)cc1. The highest BCUT2D eigenvalue weighted by molar-refractivity contribution is 6.33. The van der Waals surface area contributed by atoms with Crippen LogP contribution in [0.2, 0.25) is 5.02 Å². The van der Waals surface area contributed by atoms with Crippen molar-refractivity contribution in [1.29, 1.82) is 0 Å². The van der Waals surface area contributed by atoms with Crippen LogP contribution in [-0.2, 0) is 0 Å². The molecule has 0 fully saturated rings. The van der Waals surface area contributed by atoms with Crippen LogP contribution in [0.25, 0.3) is 16.7 Å². The van der Waals surface area contributed by atoms with E-state index in [-0.39, 0.29) is 0 Å². The lowest BCUT2D eigenvalue weighted by atomic mass is 10.0. The van der Waals surface area contributed by atoms with Gasteiger partial charge in [0, 0.05) is 17.1 Å². The van der Waals surface area contributed by atoms with Gasteiger partial charge in [0.05, 0.1) is 0 Å². The zero-order chi connectivity index (χ0) is 15.9. The van der Waals surface area contributed by atoms with Crippen LogP contribution in [0.15, 0.2) is 54.6 Å². The lowest BCUT2D eigenvalue weighted by Crippen LogP contribution is -2.22. The Morgan fingerprint density at radius 3 is 2.23 bits per heavy atom. The van der Waals surface area contributed by atoms with Gasteiger partial charge >= 0.3 is 0 Å². The number of allylic oxidation sites excluding steroid dienone is 1. The summed E-state index contributed by atoms with van der Waals surface area (Å²) in [5, 5.41) is 0.795. The Hall–Kier alpha value is -1.57. The van der Waals surface area contributed by atoms with Gasteiger partial charge in [0.1, 0.15) is 0 Å². The van der Waals surface area contributed by atoms with Gasteiger partial charge in [0.25, 0.3) is 0 Å². The Labute approximate surface area is 139 Å². The fourth-order valence-corrected chi connectivity index (χ4v) is 2.72. The molecule has 0 heterocycles. The first-order chi connectivity index (χ1) is 10.7. The van der Waals surface area contributed by atoms with Crippen LogP contribution in [0.1, 0.15) is 26.3 Å². The number of halogens is 1. The number of likely N-dealkylation sites (N-methyl/N-ethyl adjacent to an activating group) is 1. The van der Waals surface area contributed by atoms with Crippen molar-refractivity contribution in [2.24, 2.45) is 0 Å². The number of rotatable bonds is 6. The summed E-state index contributed by atoms with van der Waals surface area (Å²) < 4.78 is 0. The molecule has 0 aliphatic heterocycles. The summed E-state index contributed by atoms with van der Waals surface area (Å²) in [5.74, 6) is 0. The lowest BCUT2D eigenvalue weighted by Gasteiger charge is -2.16. The quantitative estimate of drug-likeness (QED) is 0.656. The maximum Gasteiger partial charge on any atom is 0.0484 e. The highest BCUT2D eigenvalue weighted by Gasteiger charge is 2.03. The van der Waals surface area contributed by atoms with Crippen LogP contribution in [0, 0.1) is 0 Å². The van der Waals surface area contributed by atoms with Crippen molar-refractivity contribution in [3.63, 3.8) is 0 Å². The molecule has 0 amide bonds. The summed E-state index contributed by atoms with van der Waals surface area (Å²) >= 11 is 6.26. The largest absolute Gasteiger partial charge is 0.300 e. The average Bonchev–Trinajstić information content (AvgIpc) is 2.56. The van der Waals surface area contributed by atoms with Gasteiger partial charge in [0.15, 0.2) is 0 Å². The summed E-state index contributed by atoms with van der Waals surface area (Å²) in [7, 11) is 0. The van der Waals surface area contributed by atoms with Crippen molar-refractivity contribution in [3.05, 3.63) is 65.2 Å². The molecule has 2 heteroatoms. The zero-order valence-corrected chi connectivity index (χ0v) is 14.4. The molecule has 2 aromatic carbocycles. The maximum atomic E-state index is 6.26. The molecule has 0 saturated carbocycles. The van der Waals surface area contributed by atoms with Gasteiger partial charge in [-0.2, -0.15) is 0 Å². The van der Waals surface area contributed by atoms with E-state index in [1.165, 1.54) is 11.1 Å². The molecule has 0 atom stereocenters. The smallest absolute Gasteiger partial charge is 0.0484 e. The molecule has 2 aromatic rings. The predicted octanol–water partition coefficient (Wildman–Crippen LogP) is 5.75. The van der Waals surface area contributed by atoms with Crippen molar-refractivity contribution < 1.29 is 0 Å². The minimum Gasteiger partial charge on any atom is -0.300 e. The van der Waals surface area contributed by atoms with Crippen LogP contribution in [-0.4, -0.2) is 24.5 Å². The summed E-state index contributed by atoms with van der Waals surface area (Å²) in [6.07, 6.45) is 2.30. The summed E-state index contributed by atoms with van der Waals surface area (Å²) in [6, 6.07) is 16.6. The van der Waals surface area contributed by atoms with Gasteiger partial charge in [-0.1, -0.05) is 74.0 Å². The van der Waals surface area contributed by atoms with E-state index >= 15 is 0 Å². The number of hydrogen-bond donors (Lipinski definition) is 0. The van der Waals surface area contributed by atoms with Crippen molar-refractivity contribution in [3.8, 4) is 11.1 Å². The summed E-state index contributed by atoms with van der Waals surface area (Å²) in [4.78, 5) is 2.40.